The molecule has 0 radical (unpaired) electrons. The number of alkyl halides is 3. The molecule has 4 nitrogen and oxygen atoms in total. The van der Waals surface area contributed by atoms with Crippen LogP contribution in [0, 0.1) is 0 Å². The van der Waals surface area contributed by atoms with Gasteiger partial charge < -0.3 is 9.73 Å². The van der Waals surface area contributed by atoms with Crippen LogP contribution in [0.3, 0.4) is 0 Å². The lowest BCUT2D eigenvalue weighted by Crippen LogP contribution is -2.34. The second kappa shape index (κ2) is 6.58. The summed E-state index contributed by atoms with van der Waals surface area (Å²) in [5, 5.41) is 3.70. The Morgan fingerprint density at radius 3 is 2.64 bits per heavy atom. The number of nitrogens with one attached hydrogen (secondary N) is 1. The van der Waals surface area contributed by atoms with E-state index >= 15 is 0 Å². The average molecular weight is 348 g/mol. The molecule has 1 aromatic carbocycles. The number of furan rings is 1. The van der Waals surface area contributed by atoms with Crippen molar-refractivity contribution in [1.29, 1.82) is 0 Å². The molecular weight excluding hydrogens is 333 g/mol. The molecule has 2 heterocycles. The highest BCUT2D eigenvalue weighted by atomic mass is 19.4. The first-order valence-electron chi connectivity index (χ1n) is 7.64. The second-order valence-electron chi connectivity index (χ2n) is 5.76. The van der Waals surface area contributed by atoms with Crippen molar-refractivity contribution in [2.75, 3.05) is 0 Å². The zero-order chi connectivity index (χ0) is 18.0. The molecule has 0 saturated carbocycles. The zero-order valence-electron chi connectivity index (χ0n) is 13.3. The minimum atomic E-state index is -4.52. The Morgan fingerprint density at radius 1 is 1.24 bits per heavy atom. The number of halogens is 3. The molecule has 2 aromatic heterocycles. The number of nitrogens with zero attached hydrogens (tertiary/aromatic N) is 1. The van der Waals surface area contributed by atoms with Gasteiger partial charge in [0, 0.05) is 24.0 Å². The Kier molecular flexibility index (Phi) is 4.48. The molecule has 25 heavy (non-hydrogen) atoms. The van der Waals surface area contributed by atoms with E-state index in [1.807, 2.05) is 30.3 Å². The van der Waals surface area contributed by atoms with Crippen LogP contribution in [0.4, 0.5) is 13.2 Å². The van der Waals surface area contributed by atoms with Crippen molar-refractivity contribution in [3.63, 3.8) is 0 Å². The number of carbonyl (C=O) groups is 1. The highest BCUT2D eigenvalue weighted by Gasteiger charge is 2.32. The zero-order valence-corrected chi connectivity index (χ0v) is 13.3. The maximum absolute atomic E-state index is 12.5. The van der Waals surface area contributed by atoms with Crippen molar-refractivity contribution in [1.82, 2.24) is 10.3 Å². The first kappa shape index (κ1) is 17.0. The van der Waals surface area contributed by atoms with Gasteiger partial charge in [0.15, 0.2) is 0 Å². The smallest absolute Gasteiger partial charge is 0.433 e. The van der Waals surface area contributed by atoms with Gasteiger partial charge in [-0.25, -0.2) is 0 Å². The molecule has 130 valence electrons. The van der Waals surface area contributed by atoms with Crippen LogP contribution in [0.15, 0.2) is 53.1 Å². The van der Waals surface area contributed by atoms with E-state index in [0.717, 1.165) is 35.1 Å². The Morgan fingerprint density at radius 2 is 2.00 bits per heavy atom. The summed E-state index contributed by atoms with van der Waals surface area (Å²) in [4.78, 5) is 15.4. The molecule has 0 unspecified atom stereocenters. The molecule has 1 N–H and O–H groups in total. The van der Waals surface area contributed by atoms with Crippen LogP contribution < -0.4 is 5.32 Å². The lowest BCUT2D eigenvalue weighted by Gasteiger charge is -2.13. The number of rotatable bonds is 4. The summed E-state index contributed by atoms with van der Waals surface area (Å²) >= 11 is 0. The lowest BCUT2D eigenvalue weighted by molar-refractivity contribution is -0.141. The van der Waals surface area contributed by atoms with Gasteiger partial charge in [0.1, 0.15) is 17.0 Å². The third kappa shape index (κ3) is 3.99. The van der Waals surface area contributed by atoms with Gasteiger partial charge in [-0.15, -0.1) is 0 Å². The van der Waals surface area contributed by atoms with Crippen LogP contribution in [0.5, 0.6) is 0 Å². The molecule has 1 atom stereocenters. The van der Waals surface area contributed by atoms with E-state index in [1.165, 1.54) is 0 Å². The Bertz CT molecular complexity index is 852. The van der Waals surface area contributed by atoms with Gasteiger partial charge in [-0.3, -0.25) is 9.78 Å². The van der Waals surface area contributed by atoms with E-state index < -0.39 is 17.8 Å². The summed E-state index contributed by atoms with van der Waals surface area (Å²) in [5.41, 5.74) is -0.188. The Balaban J connectivity index is 1.63. The molecular formula is C18H15F3N2O2. The van der Waals surface area contributed by atoms with Crippen molar-refractivity contribution in [3.8, 4) is 0 Å². The summed E-state index contributed by atoms with van der Waals surface area (Å²) < 4.78 is 43.2. The molecule has 1 amide bonds. The maximum atomic E-state index is 12.5. The number of aromatic nitrogens is 1. The minimum absolute atomic E-state index is 0.0736. The standard InChI is InChI=1S/C18H15F3N2O2/c1-11(8-14-9-12-4-2-3-5-15(12)25-14)23-17(24)13-6-7-16(22-10-13)18(19,20)21/h2-7,9-11H,8H2,1H3,(H,23,24)/t11-/m1/s1. The summed E-state index contributed by atoms with van der Waals surface area (Å²) in [7, 11) is 0. The van der Waals surface area contributed by atoms with E-state index in [0.29, 0.717) is 6.42 Å². The number of benzene rings is 1. The second-order valence-corrected chi connectivity index (χ2v) is 5.76. The van der Waals surface area contributed by atoms with Crippen LogP contribution in [-0.2, 0) is 12.6 Å². The fraction of sp³-hybridized carbons (Fsp3) is 0.222. The van der Waals surface area contributed by atoms with E-state index in [-0.39, 0.29) is 11.6 Å². The van der Waals surface area contributed by atoms with E-state index in [4.69, 9.17) is 4.42 Å². The van der Waals surface area contributed by atoms with Crippen LogP contribution in [-0.4, -0.2) is 16.9 Å². The lowest BCUT2D eigenvalue weighted by atomic mass is 10.1. The van der Waals surface area contributed by atoms with Crippen molar-refractivity contribution in [2.24, 2.45) is 0 Å². The average Bonchev–Trinajstić information content (AvgIpc) is 2.96. The van der Waals surface area contributed by atoms with Gasteiger partial charge in [-0.05, 0) is 31.2 Å². The monoisotopic (exact) mass is 348 g/mol. The molecule has 0 spiro atoms. The number of pyridine rings is 1. The number of hydrogen-bond acceptors (Lipinski definition) is 3. The summed E-state index contributed by atoms with van der Waals surface area (Å²) in [6.45, 7) is 1.79. The predicted octanol–water partition coefficient (Wildman–Crippen LogP) is 4.21. The van der Waals surface area contributed by atoms with Crippen LogP contribution in [0.25, 0.3) is 11.0 Å². The van der Waals surface area contributed by atoms with Gasteiger partial charge in [0.2, 0.25) is 0 Å². The highest BCUT2D eigenvalue weighted by molar-refractivity contribution is 5.94. The molecule has 0 aliphatic carbocycles. The SMILES string of the molecule is C[C@H](Cc1cc2ccccc2o1)NC(=O)c1ccc(C(F)(F)F)nc1. The largest absolute Gasteiger partial charge is 0.461 e. The van der Waals surface area contributed by atoms with E-state index in [9.17, 15) is 18.0 Å². The third-order valence-electron chi connectivity index (χ3n) is 3.68. The molecule has 0 aliphatic heterocycles. The number of fused-ring (bicyclic) bond motifs is 1. The highest BCUT2D eigenvalue weighted by Crippen LogP contribution is 2.27. The number of amides is 1. The molecule has 7 heteroatoms. The van der Waals surface area contributed by atoms with Gasteiger partial charge in [-0.1, -0.05) is 18.2 Å². The molecule has 0 saturated heterocycles. The van der Waals surface area contributed by atoms with Crippen LogP contribution in [0.2, 0.25) is 0 Å². The van der Waals surface area contributed by atoms with E-state index in [2.05, 4.69) is 10.3 Å². The van der Waals surface area contributed by atoms with Crippen molar-refractivity contribution >= 4 is 16.9 Å². The summed E-state index contributed by atoms with van der Waals surface area (Å²) in [5.74, 6) is 0.240. The minimum Gasteiger partial charge on any atom is -0.461 e. The summed E-state index contributed by atoms with van der Waals surface area (Å²) in [6.07, 6.45) is -3.13. The third-order valence-corrected chi connectivity index (χ3v) is 3.68. The Labute approximate surface area is 141 Å². The number of para-hydroxylation sites is 1. The molecule has 0 aliphatic rings. The number of hydrogen-bond donors (Lipinski definition) is 1. The van der Waals surface area contributed by atoms with Gasteiger partial charge in [-0.2, -0.15) is 13.2 Å². The Hall–Kier alpha value is -2.83. The topological polar surface area (TPSA) is 55.1 Å². The first-order chi connectivity index (χ1) is 11.8. The first-order valence-corrected chi connectivity index (χ1v) is 7.64. The predicted molar refractivity (Wildman–Crippen MR) is 86.1 cm³/mol. The fourth-order valence-corrected chi connectivity index (χ4v) is 2.49. The number of carbonyl (C=O) groups excluding carboxylic acids is 1. The van der Waals surface area contributed by atoms with E-state index in [1.54, 1.807) is 6.92 Å². The molecule has 3 aromatic rings. The van der Waals surface area contributed by atoms with Crippen LogP contribution >= 0.6 is 0 Å². The normalized spacial score (nSPS) is 13.0. The summed E-state index contributed by atoms with van der Waals surface area (Å²) in [6, 6.07) is 11.1. The quantitative estimate of drug-likeness (QED) is 0.768. The van der Waals surface area contributed by atoms with Gasteiger partial charge in [0.25, 0.3) is 5.91 Å². The molecule has 0 bridgehead atoms. The van der Waals surface area contributed by atoms with Crippen molar-refractivity contribution in [3.05, 3.63) is 65.7 Å². The van der Waals surface area contributed by atoms with Crippen molar-refractivity contribution in [2.45, 2.75) is 25.6 Å². The van der Waals surface area contributed by atoms with Crippen molar-refractivity contribution < 1.29 is 22.4 Å². The molecule has 3 rings (SSSR count). The fourth-order valence-electron chi connectivity index (χ4n) is 2.49. The van der Waals surface area contributed by atoms with Crippen LogP contribution in [0.1, 0.15) is 28.7 Å². The maximum Gasteiger partial charge on any atom is 0.433 e. The van der Waals surface area contributed by atoms with Gasteiger partial charge >= 0.3 is 6.18 Å². The van der Waals surface area contributed by atoms with Gasteiger partial charge in [0.05, 0.1) is 5.56 Å². The molecule has 0 fully saturated rings.